The van der Waals surface area contributed by atoms with E-state index < -0.39 is 23.8 Å². The van der Waals surface area contributed by atoms with Gasteiger partial charge < -0.3 is 9.47 Å². The number of hydrogen-bond donors (Lipinski definition) is 0. The molecule has 0 bridgehead atoms. The Morgan fingerprint density at radius 2 is 1.83 bits per heavy atom. The SMILES string of the molecule is CCOC(=O)C1=C(CC)C[C@H]2C(=O)OC(=O)[C@H]2C1. The van der Waals surface area contributed by atoms with E-state index in [1.165, 1.54) is 0 Å². The molecule has 5 heteroatoms. The van der Waals surface area contributed by atoms with Gasteiger partial charge in [-0.05, 0) is 26.2 Å². The van der Waals surface area contributed by atoms with Crippen LogP contribution >= 0.6 is 0 Å². The number of ether oxygens (including phenoxy) is 2. The maximum absolute atomic E-state index is 11.8. The largest absolute Gasteiger partial charge is 0.463 e. The summed E-state index contributed by atoms with van der Waals surface area (Å²) < 4.78 is 9.62. The number of hydrogen-bond acceptors (Lipinski definition) is 5. The van der Waals surface area contributed by atoms with Crippen LogP contribution in [0, 0.1) is 11.8 Å². The van der Waals surface area contributed by atoms with Crippen LogP contribution in [0.3, 0.4) is 0 Å². The van der Waals surface area contributed by atoms with Crippen molar-refractivity contribution >= 4 is 17.9 Å². The lowest BCUT2D eigenvalue weighted by Gasteiger charge is -2.24. The van der Waals surface area contributed by atoms with Gasteiger partial charge >= 0.3 is 17.9 Å². The minimum atomic E-state index is -0.512. The summed E-state index contributed by atoms with van der Waals surface area (Å²) in [6, 6.07) is 0. The molecule has 1 aliphatic heterocycles. The van der Waals surface area contributed by atoms with Gasteiger partial charge in [-0.2, -0.15) is 0 Å². The first-order chi connectivity index (χ1) is 8.58. The Hall–Kier alpha value is -1.65. The van der Waals surface area contributed by atoms with Crippen molar-refractivity contribution in [2.75, 3.05) is 6.61 Å². The second-order valence-corrected chi connectivity index (χ2v) is 4.52. The Labute approximate surface area is 105 Å². The number of carbonyl (C=O) groups excluding carboxylic acids is 3. The second kappa shape index (κ2) is 4.92. The summed E-state index contributed by atoms with van der Waals surface area (Å²) in [4.78, 5) is 34.9. The zero-order chi connectivity index (χ0) is 13.3. The van der Waals surface area contributed by atoms with Crippen molar-refractivity contribution in [3.05, 3.63) is 11.1 Å². The molecular formula is C13H16O5. The monoisotopic (exact) mass is 252 g/mol. The molecule has 0 aromatic heterocycles. The van der Waals surface area contributed by atoms with E-state index in [1.54, 1.807) is 6.92 Å². The Bertz CT molecular complexity index is 435. The molecule has 98 valence electrons. The van der Waals surface area contributed by atoms with Crippen LogP contribution in [-0.2, 0) is 23.9 Å². The van der Waals surface area contributed by atoms with Crippen LogP contribution < -0.4 is 0 Å². The highest BCUT2D eigenvalue weighted by molar-refractivity contribution is 5.99. The van der Waals surface area contributed by atoms with Gasteiger partial charge in [0.15, 0.2) is 0 Å². The summed E-state index contributed by atoms with van der Waals surface area (Å²) in [6.45, 7) is 3.97. The zero-order valence-electron chi connectivity index (χ0n) is 10.5. The molecule has 2 aliphatic rings. The molecule has 2 rings (SSSR count). The highest BCUT2D eigenvalue weighted by Crippen LogP contribution is 2.41. The lowest BCUT2D eigenvalue weighted by atomic mass is 9.76. The first kappa shape index (κ1) is 12.8. The van der Waals surface area contributed by atoms with Gasteiger partial charge in [0.1, 0.15) is 0 Å². The van der Waals surface area contributed by atoms with Crippen molar-refractivity contribution in [1.29, 1.82) is 0 Å². The minimum Gasteiger partial charge on any atom is -0.463 e. The van der Waals surface area contributed by atoms with Crippen molar-refractivity contribution in [3.63, 3.8) is 0 Å². The molecule has 0 aromatic rings. The third kappa shape index (κ3) is 2.05. The van der Waals surface area contributed by atoms with Gasteiger partial charge in [-0.1, -0.05) is 12.5 Å². The fourth-order valence-electron chi connectivity index (χ4n) is 2.59. The highest BCUT2D eigenvalue weighted by atomic mass is 16.6. The summed E-state index contributed by atoms with van der Waals surface area (Å²) in [5, 5.41) is 0. The summed E-state index contributed by atoms with van der Waals surface area (Å²) in [7, 11) is 0. The number of carbonyl (C=O) groups is 3. The number of rotatable bonds is 3. The van der Waals surface area contributed by atoms with E-state index in [2.05, 4.69) is 4.74 Å². The van der Waals surface area contributed by atoms with Gasteiger partial charge in [-0.25, -0.2) is 4.79 Å². The standard InChI is InChI=1S/C13H16O5/c1-3-7-5-9-10(13(16)18-12(9)15)6-8(7)11(14)17-4-2/h9-10H,3-6H2,1-2H3/t9-,10+/m1/s1. The first-order valence-corrected chi connectivity index (χ1v) is 6.22. The maximum atomic E-state index is 11.8. The molecule has 0 aromatic carbocycles. The molecule has 0 amide bonds. The van der Waals surface area contributed by atoms with E-state index in [0.717, 1.165) is 5.57 Å². The van der Waals surface area contributed by atoms with Crippen LogP contribution in [0.25, 0.3) is 0 Å². The van der Waals surface area contributed by atoms with E-state index in [1.807, 2.05) is 6.92 Å². The average molecular weight is 252 g/mol. The first-order valence-electron chi connectivity index (χ1n) is 6.22. The van der Waals surface area contributed by atoms with Crippen LogP contribution in [0.15, 0.2) is 11.1 Å². The highest BCUT2D eigenvalue weighted by Gasteiger charge is 2.48. The Kier molecular flexibility index (Phi) is 3.50. The molecule has 0 N–H and O–H groups in total. The van der Waals surface area contributed by atoms with Crippen molar-refractivity contribution in [2.45, 2.75) is 33.1 Å². The number of esters is 3. The average Bonchev–Trinajstić information content (AvgIpc) is 2.63. The lowest BCUT2D eigenvalue weighted by Crippen LogP contribution is -2.27. The fraction of sp³-hybridized carbons (Fsp3) is 0.615. The molecule has 0 saturated carbocycles. The van der Waals surface area contributed by atoms with Crippen molar-refractivity contribution in [3.8, 4) is 0 Å². The van der Waals surface area contributed by atoms with Crippen LogP contribution in [0.1, 0.15) is 33.1 Å². The summed E-state index contributed by atoms with van der Waals surface area (Å²) in [6.07, 6.45) is 1.37. The van der Waals surface area contributed by atoms with E-state index in [-0.39, 0.29) is 12.4 Å². The minimum absolute atomic E-state index is 0.261. The fourth-order valence-corrected chi connectivity index (χ4v) is 2.59. The number of fused-ring (bicyclic) bond motifs is 1. The number of cyclic esters (lactones) is 2. The molecule has 18 heavy (non-hydrogen) atoms. The Balaban J connectivity index is 2.28. The van der Waals surface area contributed by atoms with E-state index in [9.17, 15) is 14.4 Å². The molecular weight excluding hydrogens is 236 g/mol. The topological polar surface area (TPSA) is 69.7 Å². The smallest absolute Gasteiger partial charge is 0.333 e. The summed E-state index contributed by atoms with van der Waals surface area (Å²) in [5.74, 6) is -2.27. The van der Waals surface area contributed by atoms with Crippen LogP contribution in [0.2, 0.25) is 0 Å². The molecule has 1 heterocycles. The third-order valence-corrected chi connectivity index (χ3v) is 3.56. The Morgan fingerprint density at radius 1 is 1.22 bits per heavy atom. The predicted molar refractivity (Wildman–Crippen MR) is 61.3 cm³/mol. The van der Waals surface area contributed by atoms with Crippen LogP contribution in [0.5, 0.6) is 0 Å². The van der Waals surface area contributed by atoms with Gasteiger partial charge in [0.2, 0.25) is 0 Å². The molecule has 2 atom stereocenters. The van der Waals surface area contributed by atoms with Crippen molar-refractivity contribution in [1.82, 2.24) is 0 Å². The summed E-state index contributed by atoms with van der Waals surface area (Å²) >= 11 is 0. The van der Waals surface area contributed by atoms with Gasteiger partial charge in [0, 0.05) is 5.57 Å². The van der Waals surface area contributed by atoms with E-state index in [0.29, 0.717) is 25.0 Å². The maximum Gasteiger partial charge on any atom is 0.333 e. The van der Waals surface area contributed by atoms with E-state index in [4.69, 9.17) is 4.74 Å². The van der Waals surface area contributed by atoms with Gasteiger partial charge in [0.25, 0.3) is 0 Å². The van der Waals surface area contributed by atoms with Crippen LogP contribution in [-0.4, -0.2) is 24.5 Å². The van der Waals surface area contributed by atoms with Gasteiger partial charge in [-0.15, -0.1) is 0 Å². The molecule has 0 radical (unpaired) electrons. The number of allylic oxidation sites excluding steroid dienone is 1. The molecule has 0 spiro atoms. The lowest BCUT2D eigenvalue weighted by molar-refractivity contribution is -0.153. The second-order valence-electron chi connectivity index (χ2n) is 4.52. The molecule has 1 saturated heterocycles. The molecule has 1 aliphatic carbocycles. The molecule has 5 nitrogen and oxygen atoms in total. The quantitative estimate of drug-likeness (QED) is 0.560. The van der Waals surface area contributed by atoms with Crippen LogP contribution in [0.4, 0.5) is 0 Å². The van der Waals surface area contributed by atoms with Crippen molar-refractivity contribution in [2.24, 2.45) is 11.8 Å². The normalized spacial score (nSPS) is 27.0. The predicted octanol–water partition coefficient (Wildman–Crippen LogP) is 1.37. The molecule has 0 unspecified atom stereocenters. The third-order valence-electron chi connectivity index (χ3n) is 3.56. The van der Waals surface area contributed by atoms with Gasteiger partial charge in [0.05, 0.1) is 18.4 Å². The Morgan fingerprint density at radius 3 is 2.39 bits per heavy atom. The summed E-state index contributed by atoms with van der Waals surface area (Å²) in [5.41, 5.74) is 1.45. The van der Waals surface area contributed by atoms with E-state index >= 15 is 0 Å². The zero-order valence-corrected chi connectivity index (χ0v) is 10.5. The van der Waals surface area contributed by atoms with Gasteiger partial charge in [-0.3, -0.25) is 9.59 Å². The van der Waals surface area contributed by atoms with Crippen molar-refractivity contribution < 1.29 is 23.9 Å². The molecule has 1 fully saturated rings.